The maximum Gasteiger partial charge on any atom is 0.414 e. The van der Waals surface area contributed by atoms with Crippen molar-refractivity contribution >= 4 is 17.5 Å². The number of carbonyl (C=O) groups excluding carboxylic acids is 1. The zero-order valence-electron chi connectivity index (χ0n) is 9.38. The van der Waals surface area contributed by atoms with E-state index in [1.165, 1.54) is 11.0 Å². The van der Waals surface area contributed by atoms with Crippen molar-refractivity contribution in [3.05, 3.63) is 33.9 Å². The van der Waals surface area contributed by atoms with Crippen molar-refractivity contribution in [2.75, 3.05) is 18.1 Å². The lowest BCUT2D eigenvalue weighted by molar-refractivity contribution is -0.385. The molecule has 0 unspecified atom stereocenters. The topological polar surface area (TPSA) is 72.7 Å². The van der Waals surface area contributed by atoms with Crippen LogP contribution in [0.4, 0.5) is 16.2 Å². The summed E-state index contributed by atoms with van der Waals surface area (Å²) in [4.78, 5) is 23.2. The van der Waals surface area contributed by atoms with Crippen LogP contribution in [0.1, 0.15) is 12.5 Å². The maximum atomic E-state index is 11.4. The van der Waals surface area contributed by atoms with Gasteiger partial charge < -0.3 is 4.74 Å². The Bertz CT molecular complexity index is 473. The van der Waals surface area contributed by atoms with Gasteiger partial charge in [0.25, 0.3) is 5.69 Å². The second-order valence-corrected chi connectivity index (χ2v) is 3.69. The number of hydrogen-bond donors (Lipinski definition) is 0. The lowest BCUT2D eigenvalue weighted by atomic mass is 10.1. The molecule has 0 spiro atoms. The minimum Gasteiger partial charge on any atom is -0.447 e. The predicted octanol–water partition coefficient (Wildman–Crippen LogP) is 2.11. The van der Waals surface area contributed by atoms with E-state index in [0.717, 1.165) is 0 Å². The fourth-order valence-electron chi connectivity index (χ4n) is 1.83. The van der Waals surface area contributed by atoms with E-state index in [0.29, 0.717) is 30.8 Å². The van der Waals surface area contributed by atoms with Crippen LogP contribution in [0.2, 0.25) is 0 Å². The number of aryl methyl sites for hydroxylation is 1. The molecule has 2 rings (SSSR count). The standard InChI is InChI=1S/C11H12N2O4/c1-2-8-7-9(3-4-10(8)13(15)16)12-5-6-17-11(12)14/h3-4,7H,2,5-6H2,1H3. The van der Waals surface area contributed by atoms with E-state index < -0.39 is 11.0 Å². The Morgan fingerprint density at radius 3 is 2.82 bits per heavy atom. The Morgan fingerprint density at radius 2 is 2.29 bits per heavy atom. The number of anilines is 1. The summed E-state index contributed by atoms with van der Waals surface area (Å²) in [5.41, 5.74) is 1.35. The third-order valence-electron chi connectivity index (χ3n) is 2.71. The van der Waals surface area contributed by atoms with Gasteiger partial charge in [0, 0.05) is 17.3 Å². The molecule has 6 heteroatoms. The molecule has 1 fully saturated rings. The zero-order chi connectivity index (χ0) is 12.4. The normalized spacial score (nSPS) is 14.9. The molecule has 0 aliphatic carbocycles. The quantitative estimate of drug-likeness (QED) is 0.595. The third kappa shape index (κ3) is 2.06. The molecular formula is C11H12N2O4. The van der Waals surface area contributed by atoms with Crippen molar-refractivity contribution in [1.29, 1.82) is 0 Å². The van der Waals surface area contributed by atoms with Gasteiger partial charge >= 0.3 is 6.09 Å². The van der Waals surface area contributed by atoms with Crippen LogP contribution in [0.25, 0.3) is 0 Å². The molecule has 17 heavy (non-hydrogen) atoms. The first-order chi connectivity index (χ1) is 8.13. The van der Waals surface area contributed by atoms with Crippen LogP contribution in [-0.4, -0.2) is 24.2 Å². The fraction of sp³-hybridized carbons (Fsp3) is 0.364. The summed E-state index contributed by atoms with van der Waals surface area (Å²) in [6.45, 7) is 2.69. The van der Waals surface area contributed by atoms with E-state index in [4.69, 9.17) is 4.74 Å². The van der Waals surface area contributed by atoms with Gasteiger partial charge in [-0.2, -0.15) is 0 Å². The highest BCUT2D eigenvalue weighted by Gasteiger charge is 2.25. The van der Waals surface area contributed by atoms with Gasteiger partial charge in [-0.1, -0.05) is 6.92 Å². The van der Waals surface area contributed by atoms with Gasteiger partial charge in [-0.05, 0) is 18.6 Å². The molecule has 0 radical (unpaired) electrons. The number of ether oxygens (including phenoxy) is 1. The molecule has 1 amide bonds. The number of nitro groups is 1. The van der Waals surface area contributed by atoms with Gasteiger partial charge in [0.2, 0.25) is 0 Å². The van der Waals surface area contributed by atoms with Gasteiger partial charge in [-0.15, -0.1) is 0 Å². The molecular weight excluding hydrogens is 224 g/mol. The van der Waals surface area contributed by atoms with E-state index >= 15 is 0 Å². The fourth-order valence-corrected chi connectivity index (χ4v) is 1.83. The third-order valence-corrected chi connectivity index (χ3v) is 2.71. The second kappa shape index (κ2) is 4.40. The van der Waals surface area contributed by atoms with Crippen LogP contribution in [0.3, 0.4) is 0 Å². The predicted molar refractivity (Wildman–Crippen MR) is 61.2 cm³/mol. The van der Waals surface area contributed by atoms with Crippen LogP contribution in [-0.2, 0) is 11.2 Å². The Hall–Kier alpha value is -2.11. The average molecular weight is 236 g/mol. The monoisotopic (exact) mass is 236 g/mol. The summed E-state index contributed by atoms with van der Waals surface area (Å²) >= 11 is 0. The molecule has 1 aromatic rings. The maximum absolute atomic E-state index is 11.4. The minimum absolute atomic E-state index is 0.0869. The lowest BCUT2D eigenvalue weighted by Gasteiger charge is -2.13. The Labute approximate surface area is 97.9 Å². The van der Waals surface area contributed by atoms with Crippen LogP contribution >= 0.6 is 0 Å². The van der Waals surface area contributed by atoms with Crippen molar-refractivity contribution in [3.8, 4) is 0 Å². The minimum atomic E-state index is -0.412. The second-order valence-electron chi connectivity index (χ2n) is 3.69. The summed E-state index contributed by atoms with van der Waals surface area (Å²) < 4.78 is 4.82. The SMILES string of the molecule is CCc1cc(N2CCOC2=O)ccc1[N+](=O)[O-]. The highest BCUT2D eigenvalue weighted by molar-refractivity contribution is 5.89. The van der Waals surface area contributed by atoms with Crippen LogP contribution < -0.4 is 4.90 Å². The highest BCUT2D eigenvalue weighted by Crippen LogP contribution is 2.26. The Morgan fingerprint density at radius 1 is 1.53 bits per heavy atom. The van der Waals surface area contributed by atoms with Gasteiger partial charge in [-0.25, -0.2) is 4.79 Å². The van der Waals surface area contributed by atoms with E-state index in [2.05, 4.69) is 0 Å². The molecule has 1 aromatic carbocycles. The number of carbonyl (C=O) groups is 1. The van der Waals surface area contributed by atoms with Crippen molar-refractivity contribution in [1.82, 2.24) is 0 Å². The van der Waals surface area contributed by atoms with Crippen molar-refractivity contribution in [3.63, 3.8) is 0 Å². The molecule has 1 heterocycles. The number of nitro benzene ring substituents is 1. The molecule has 1 aliphatic heterocycles. The van der Waals surface area contributed by atoms with Crippen LogP contribution in [0.15, 0.2) is 18.2 Å². The summed E-state index contributed by atoms with van der Waals surface area (Å²) in [6.07, 6.45) is 0.147. The molecule has 0 aromatic heterocycles. The number of cyclic esters (lactones) is 1. The molecule has 6 nitrogen and oxygen atoms in total. The van der Waals surface area contributed by atoms with E-state index in [1.807, 2.05) is 6.92 Å². The van der Waals surface area contributed by atoms with Crippen molar-refractivity contribution in [2.45, 2.75) is 13.3 Å². The number of amides is 1. The summed E-state index contributed by atoms with van der Waals surface area (Å²) in [5.74, 6) is 0. The van der Waals surface area contributed by atoms with E-state index in [9.17, 15) is 14.9 Å². The van der Waals surface area contributed by atoms with Gasteiger partial charge in [0.05, 0.1) is 11.5 Å². The molecule has 1 saturated heterocycles. The molecule has 90 valence electrons. The lowest BCUT2D eigenvalue weighted by Crippen LogP contribution is -2.23. The van der Waals surface area contributed by atoms with Gasteiger partial charge in [0.15, 0.2) is 0 Å². The number of rotatable bonds is 3. The van der Waals surface area contributed by atoms with Crippen LogP contribution in [0.5, 0.6) is 0 Å². The number of nitrogens with zero attached hydrogens (tertiary/aromatic N) is 2. The van der Waals surface area contributed by atoms with Crippen LogP contribution in [0, 0.1) is 10.1 Å². The smallest absolute Gasteiger partial charge is 0.414 e. The first-order valence-electron chi connectivity index (χ1n) is 5.35. The van der Waals surface area contributed by atoms with Gasteiger partial charge in [-0.3, -0.25) is 15.0 Å². The van der Waals surface area contributed by atoms with Crippen molar-refractivity contribution in [2.24, 2.45) is 0 Å². The Kier molecular flexibility index (Phi) is 2.95. The number of benzene rings is 1. The Balaban J connectivity index is 2.37. The molecule has 0 N–H and O–H groups in total. The van der Waals surface area contributed by atoms with E-state index in [1.54, 1.807) is 12.1 Å². The summed E-state index contributed by atoms with van der Waals surface area (Å²) in [6, 6.07) is 4.67. The first-order valence-corrected chi connectivity index (χ1v) is 5.35. The van der Waals surface area contributed by atoms with Crippen molar-refractivity contribution < 1.29 is 14.5 Å². The molecule has 0 saturated carbocycles. The summed E-state index contributed by atoms with van der Waals surface area (Å²) in [7, 11) is 0. The highest BCUT2D eigenvalue weighted by atomic mass is 16.6. The number of hydrogen-bond acceptors (Lipinski definition) is 4. The van der Waals surface area contributed by atoms with Gasteiger partial charge in [0.1, 0.15) is 6.61 Å². The zero-order valence-corrected chi connectivity index (χ0v) is 9.38. The van der Waals surface area contributed by atoms with E-state index in [-0.39, 0.29) is 5.69 Å². The molecule has 0 bridgehead atoms. The first kappa shape index (κ1) is 11.4. The average Bonchev–Trinajstić information content (AvgIpc) is 2.74. The molecule has 0 atom stereocenters. The largest absolute Gasteiger partial charge is 0.447 e. The summed E-state index contributed by atoms with van der Waals surface area (Å²) in [5, 5.41) is 10.8. The molecule has 1 aliphatic rings.